The Morgan fingerprint density at radius 1 is 1.03 bits per heavy atom. The number of hydrogen-bond acceptors (Lipinski definition) is 3. The van der Waals surface area contributed by atoms with Crippen LogP contribution in [0.2, 0.25) is 0 Å². The molecule has 1 fully saturated rings. The summed E-state index contributed by atoms with van der Waals surface area (Å²) >= 11 is 0. The van der Waals surface area contributed by atoms with Crippen LogP contribution in [0.5, 0.6) is 0 Å². The molecule has 174 valence electrons. The number of alkyl halides is 3. The number of aryl methyl sites for hydroxylation is 1. The Bertz CT molecular complexity index is 1470. The Balaban J connectivity index is 1.35. The fraction of sp³-hybridized carbons (Fsp3) is 0.308. The van der Waals surface area contributed by atoms with Crippen LogP contribution in [0.1, 0.15) is 29.7 Å². The Morgan fingerprint density at radius 3 is 2.56 bits per heavy atom. The zero-order valence-electron chi connectivity index (χ0n) is 18.6. The largest absolute Gasteiger partial charge is 0.416 e. The molecular weight excluding hydrogens is 441 g/mol. The topological polar surface area (TPSA) is 43.1 Å². The molecule has 2 aliphatic rings. The Morgan fingerprint density at radius 2 is 1.82 bits per heavy atom. The van der Waals surface area contributed by atoms with Gasteiger partial charge in [0.05, 0.1) is 5.56 Å². The smallest absolute Gasteiger partial charge is 0.332 e. The van der Waals surface area contributed by atoms with Crippen LogP contribution in [0.25, 0.3) is 28.0 Å². The van der Waals surface area contributed by atoms with Crippen molar-refractivity contribution in [2.45, 2.75) is 38.0 Å². The van der Waals surface area contributed by atoms with Crippen LogP contribution < -0.4 is 5.56 Å². The van der Waals surface area contributed by atoms with Crippen LogP contribution in [-0.4, -0.2) is 31.6 Å². The number of fused-ring (bicyclic) bond motifs is 4. The Hall–Kier alpha value is -3.39. The zero-order valence-corrected chi connectivity index (χ0v) is 18.6. The third kappa shape index (κ3) is 3.36. The molecular formula is C26H23F3N4O. The Kier molecular flexibility index (Phi) is 4.71. The molecule has 0 aliphatic carbocycles. The van der Waals surface area contributed by atoms with Crippen molar-refractivity contribution in [1.29, 1.82) is 0 Å². The molecule has 1 saturated heterocycles. The van der Waals surface area contributed by atoms with Gasteiger partial charge in [0.25, 0.3) is 5.56 Å². The van der Waals surface area contributed by atoms with E-state index in [1.165, 1.54) is 46.9 Å². The molecule has 5 nitrogen and oxygen atoms in total. The Labute approximate surface area is 194 Å². The first kappa shape index (κ1) is 21.2. The van der Waals surface area contributed by atoms with Gasteiger partial charge in [-0.2, -0.15) is 13.2 Å². The quantitative estimate of drug-likeness (QED) is 0.423. The zero-order chi connectivity index (χ0) is 23.6. The van der Waals surface area contributed by atoms with Gasteiger partial charge in [-0.1, -0.05) is 12.1 Å². The maximum Gasteiger partial charge on any atom is 0.416 e. The number of rotatable bonds is 2. The van der Waals surface area contributed by atoms with Gasteiger partial charge in [0.15, 0.2) is 0 Å². The lowest BCUT2D eigenvalue weighted by molar-refractivity contribution is -0.137. The van der Waals surface area contributed by atoms with Crippen molar-refractivity contribution in [3.63, 3.8) is 0 Å². The van der Waals surface area contributed by atoms with Gasteiger partial charge in [0.1, 0.15) is 11.5 Å². The third-order valence-electron chi connectivity index (χ3n) is 7.26. The molecule has 4 aromatic rings. The second-order valence-corrected chi connectivity index (χ2v) is 9.19. The van der Waals surface area contributed by atoms with Crippen LogP contribution in [0.15, 0.2) is 59.5 Å². The maximum absolute atomic E-state index is 12.9. The number of hydrogen-bond donors (Lipinski definition) is 0. The fourth-order valence-corrected chi connectivity index (χ4v) is 5.45. The van der Waals surface area contributed by atoms with Gasteiger partial charge in [-0.15, -0.1) is 0 Å². The first-order chi connectivity index (χ1) is 16.3. The summed E-state index contributed by atoms with van der Waals surface area (Å²) in [7, 11) is 2.04. The number of pyridine rings is 2. The molecule has 0 radical (unpaired) electrons. The molecule has 5 heterocycles. The minimum atomic E-state index is -4.39. The summed E-state index contributed by atoms with van der Waals surface area (Å²) in [4.78, 5) is 20.3. The van der Waals surface area contributed by atoms with Gasteiger partial charge in [-0.05, 0) is 66.4 Å². The van der Waals surface area contributed by atoms with Gasteiger partial charge in [-0.25, -0.2) is 4.98 Å². The lowest BCUT2D eigenvalue weighted by atomic mass is 9.99. The lowest BCUT2D eigenvalue weighted by Gasteiger charge is -2.30. The van der Waals surface area contributed by atoms with E-state index in [2.05, 4.69) is 9.47 Å². The van der Waals surface area contributed by atoms with Crippen molar-refractivity contribution in [2.24, 2.45) is 7.05 Å². The number of halogens is 3. The van der Waals surface area contributed by atoms with Crippen molar-refractivity contribution in [2.75, 3.05) is 6.54 Å². The van der Waals surface area contributed by atoms with Gasteiger partial charge >= 0.3 is 6.18 Å². The normalized spacial score (nSPS) is 18.3. The van der Waals surface area contributed by atoms with E-state index >= 15 is 0 Å². The molecule has 0 bridgehead atoms. The summed E-state index contributed by atoms with van der Waals surface area (Å²) < 4.78 is 42.1. The molecule has 0 N–H and O–H groups in total. The average molecular weight is 464 g/mol. The highest BCUT2D eigenvalue weighted by molar-refractivity contribution is 5.83. The SMILES string of the molecule is Cn1c2c(c3ccc(-n4ccc(-c5ccc(C(F)(F)F)cc5)cc4=O)nc31)CN1CCCC1C2. The molecule has 2 aliphatic heterocycles. The second kappa shape index (κ2) is 7.56. The highest BCUT2D eigenvalue weighted by Gasteiger charge is 2.33. The average Bonchev–Trinajstić information content (AvgIpc) is 3.39. The van der Waals surface area contributed by atoms with Crippen molar-refractivity contribution in [1.82, 2.24) is 19.0 Å². The van der Waals surface area contributed by atoms with Gasteiger partial charge in [-0.3, -0.25) is 14.3 Å². The number of aromatic nitrogens is 3. The summed E-state index contributed by atoms with van der Waals surface area (Å²) in [6.45, 7) is 2.09. The predicted molar refractivity (Wildman–Crippen MR) is 124 cm³/mol. The van der Waals surface area contributed by atoms with Crippen molar-refractivity contribution in [3.05, 3.63) is 81.9 Å². The molecule has 1 aromatic carbocycles. The highest BCUT2D eigenvalue weighted by Crippen LogP contribution is 2.36. The van der Waals surface area contributed by atoms with Crippen LogP contribution in [0.3, 0.4) is 0 Å². The van der Waals surface area contributed by atoms with E-state index in [9.17, 15) is 18.0 Å². The van der Waals surface area contributed by atoms with E-state index < -0.39 is 11.7 Å². The summed E-state index contributed by atoms with van der Waals surface area (Å²) in [6.07, 6.45) is 0.755. The monoisotopic (exact) mass is 464 g/mol. The predicted octanol–water partition coefficient (Wildman–Crippen LogP) is 4.93. The molecule has 3 aromatic heterocycles. The maximum atomic E-state index is 12.9. The summed E-state index contributed by atoms with van der Waals surface area (Å²) in [5.74, 6) is 0.523. The minimum absolute atomic E-state index is 0.288. The van der Waals surface area contributed by atoms with Crippen molar-refractivity contribution >= 4 is 11.0 Å². The highest BCUT2D eigenvalue weighted by atomic mass is 19.4. The number of benzene rings is 1. The van der Waals surface area contributed by atoms with Gasteiger partial charge in [0, 0.05) is 49.4 Å². The van der Waals surface area contributed by atoms with Crippen LogP contribution >= 0.6 is 0 Å². The molecule has 0 saturated carbocycles. The van der Waals surface area contributed by atoms with Crippen molar-refractivity contribution < 1.29 is 13.2 Å². The van der Waals surface area contributed by atoms with Crippen LogP contribution in [-0.2, 0) is 26.2 Å². The molecule has 0 amide bonds. The standard InChI is InChI=1S/C26H23F3N4O/c1-31-22-14-19-3-2-11-32(19)15-21(22)20-8-9-23(30-25(20)31)33-12-10-17(13-24(33)34)16-4-6-18(7-5-16)26(27,28)29/h4-10,12-13,19H,2-3,11,14-15H2,1H3. The molecule has 1 unspecified atom stereocenters. The second-order valence-electron chi connectivity index (χ2n) is 9.19. The third-order valence-corrected chi connectivity index (χ3v) is 7.26. The minimum Gasteiger partial charge on any atom is -0.332 e. The molecule has 1 atom stereocenters. The molecule has 34 heavy (non-hydrogen) atoms. The molecule has 6 rings (SSSR count). The summed E-state index contributed by atoms with van der Waals surface area (Å²) in [5.41, 5.74) is 3.63. The lowest BCUT2D eigenvalue weighted by Crippen LogP contribution is -2.35. The first-order valence-electron chi connectivity index (χ1n) is 11.4. The van der Waals surface area contributed by atoms with Gasteiger partial charge < -0.3 is 4.57 Å². The van der Waals surface area contributed by atoms with Crippen LogP contribution in [0.4, 0.5) is 13.2 Å². The first-order valence-corrected chi connectivity index (χ1v) is 11.4. The van der Waals surface area contributed by atoms with E-state index in [-0.39, 0.29) is 5.56 Å². The van der Waals surface area contributed by atoms with E-state index in [1.54, 1.807) is 12.3 Å². The molecule has 8 heteroatoms. The van der Waals surface area contributed by atoms with E-state index in [0.717, 1.165) is 42.7 Å². The van der Waals surface area contributed by atoms with Gasteiger partial charge in [0.2, 0.25) is 0 Å². The molecule has 0 spiro atoms. The fourth-order valence-electron chi connectivity index (χ4n) is 5.45. The number of nitrogens with zero attached hydrogens (tertiary/aromatic N) is 4. The van der Waals surface area contributed by atoms with E-state index in [1.807, 2.05) is 19.2 Å². The van der Waals surface area contributed by atoms with E-state index in [4.69, 9.17) is 4.98 Å². The van der Waals surface area contributed by atoms with E-state index in [0.29, 0.717) is 23.0 Å². The van der Waals surface area contributed by atoms with Crippen LogP contribution in [0, 0.1) is 0 Å². The van der Waals surface area contributed by atoms with Crippen molar-refractivity contribution in [3.8, 4) is 16.9 Å². The summed E-state index contributed by atoms with van der Waals surface area (Å²) in [6, 6.07) is 12.5. The summed E-state index contributed by atoms with van der Waals surface area (Å²) in [5, 5.41) is 1.13.